The molecule has 0 aromatic rings. The zero-order valence-corrected chi connectivity index (χ0v) is 27.4. The van der Waals surface area contributed by atoms with E-state index in [0.29, 0.717) is 0 Å². The Bertz CT molecular complexity index is 196. The number of carboxylic acid groups (broad SMARTS) is 4. The molecule has 0 aliphatic rings. The van der Waals surface area contributed by atoms with Gasteiger partial charge < -0.3 is 29.0 Å². The number of hydrogen-bond acceptors (Lipinski definition) is 4. The molecule has 0 unspecified atom stereocenters. The Balaban J connectivity index is -0.00000000429. The fraction of sp³-hybridized carbons (Fsp3) is 0.500. The van der Waals surface area contributed by atoms with Crippen molar-refractivity contribution in [3.63, 3.8) is 0 Å². The van der Waals surface area contributed by atoms with Gasteiger partial charge in [-0.25, -0.2) is 0 Å². The predicted molar refractivity (Wildman–Crippen MR) is 59.9 cm³/mol. The zero-order chi connectivity index (χ0) is 14.3. The summed E-state index contributed by atoms with van der Waals surface area (Å²) in [7, 11) is 0. The van der Waals surface area contributed by atoms with E-state index in [4.69, 9.17) is 39.6 Å². The molecule has 108 valence electrons. The average Bonchev–Trinajstić information content (AvgIpc) is 1.76. The Kier molecular flexibility index (Phi) is 162. The van der Waals surface area contributed by atoms with Crippen molar-refractivity contribution in [1.82, 2.24) is 0 Å². The van der Waals surface area contributed by atoms with Gasteiger partial charge in [0.15, 0.2) is 0 Å². The minimum Gasteiger partial charge on any atom is -1.00 e. The van der Waals surface area contributed by atoms with Gasteiger partial charge in [-0.05, 0) is 0 Å². The van der Waals surface area contributed by atoms with Gasteiger partial charge in [-0.2, -0.15) is 0 Å². The van der Waals surface area contributed by atoms with E-state index in [1.165, 1.54) is 0 Å². The smallest absolute Gasteiger partial charge is 1.00 e. The van der Waals surface area contributed by atoms with Gasteiger partial charge in [-0.15, -0.1) is 0 Å². The van der Waals surface area contributed by atoms with Gasteiger partial charge in [0.1, 0.15) is 0 Å². The van der Waals surface area contributed by atoms with Crippen LogP contribution in [0, 0.1) is 0 Å². The molecule has 0 bridgehead atoms. The molecule has 0 radical (unpaired) electrons. The summed E-state index contributed by atoms with van der Waals surface area (Å²) in [4.78, 5) is 36.0. The molecule has 0 spiro atoms. The van der Waals surface area contributed by atoms with Crippen molar-refractivity contribution in [2.24, 2.45) is 0 Å². The third-order valence-electron chi connectivity index (χ3n) is 0. The molecular formula is C8H22Na6O8. The van der Waals surface area contributed by atoms with E-state index in [2.05, 4.69) is 0 Å². The summed E-state index contributed by atoms with van der Waals surface area (Å²) in [5.74, 6) is -3.33. The molecule has 0 aliphatic heterocycles. The van der Waals surface area contributed by atoms with Crippen LogP contribution in [0.25, 0.3) is 0 Å². The molecule has 0 amide bonds. The van der Waals surface area contributed by atoms with E-state index in [1.807, 2.05) is 0 Å². The maximum absolute atomic E-state index is 9.00. The monoisotopic (exact) mass is 384 g/mol. The minimum atomic E-state index is -0.833. The van der Waals surface area contributed by atoms with Gasteiger partial charge in [0, 0.05) is 27.7 Å². The summed E-state index contributed by atoms with van der Waals surface area (Å²) in [6.07, 6.45) is 0. The van der Waals surface area contributed by atoms with Crippen LogP contribution in [-0.4, -0.2) is 44.3 Å². The molecule has 0 atom stereocenters. The summed E-state index contributed by atoms with van der Waals surface area (Å²) < 4.78 is 0. The average molecular weight is 384 g/mol. The standard InChI is InChI=1S/4C2H4O2.6Na.6H/c4*1-2(3)4;;;;;;;;;;;;/h4*1H3,(H,3,4);;;;;;;;;;;;/q;;;;6*+1;6*-1. The van der Waals surface area contributed by atoms with Crippen molar-refractivity contribution in [2.45, 2.75) is 27.7 Å². The molecule has 14 heteroatoms. The van der Waals surface area contributed by atoms with Crippen molar-refractivity contribution in [3.8, 4) is 0 Å². The maximum atomic E-state index is 9.00. The Morgan fingerprint density at radius 2 is 0.455 bits per heavy atom. The van der Waals surface area contributed by atoms with Crippen molar-refractivity contribution < 1.29 is 226 Å². The van der Waals surface area contributed by atoms with Crippen molar-refractivity contribution in [3.05, 3.63) is 0 Å². The Morgan fingerprint density at radius 3 is 0.455 bits per heavy atom. The van der Waals surface area contributed by atoms with Crippen LogP contribution in [0.15, 0.2) is 0 Å². The number of rotatable bonds is 0. The minimum absolute atomic E-state index is 0. The van der Waals surface area contributed by atoms with Gasteiger partial charge in [-0.1, -0.05) is 0 Å². The van der Waals surface area contributed by atoms with E-state index >= 15 is 0 Å². The summed E-state index contributed by atoms with van der Waals surface area (Å²) in [5, 5.41) is 29.7. The Hall–Kier alpha value is 3.88. The molecule has 4 N–H and O–H groups in total. The molecule has 0 aliphatic carbocycles. The normalized spacial score (nSPS) is 4.55. The van der Waals surface area contributed by atoms with Gasteiger partial charge in [0.2, 0.25) is 0 Å². The molecule has 22 heavy (non-hydrogen) atoms. The van der Waals surface area contributed by atoms with E-state index < -0.39 is 23.9 Å². The zero-order valence-electron chi connectivity index (χ0n) is 21.4. The van der Waals surface area contributed by atoms with E-state index in [1.54, 1.807) is 0 Å². The van der Waals surface area contributed by atoms with Crippen LogP contribution in [0.5, 0.6) is 0 Å². The summed E-state index contributed by atoms with van der Waals surface area (Å²) in [6.45, 7) is 4.33. The van der Waals surface area contributed by atoms with E-state index in [9.17, 15) is 0 Å². The molecule has 0 saturated carbocycles. The summed E-state index contributed by atoms with van der Waals surface area (Å²) in [5.41, 5.74) is 0. The molecule has 0 rings (SSSR count). The fourth-order valence-corrected chi connectivity index (χ4v) is 0. The van der Waals surface area contributed by atoms with E-state index in [0.717, 1.165) is 27.7 Å². The van der Waals surface area contributed by atoms with Crippen LogP contribution in [0.4, 0.5) is 0 Å². The summed E-state index contributed by atoms with van der Waals surface area (Å²) >= 11 is 0. The van der Waals surface area contributed by atoms with Gasteiger partial charge in [0.25, 0.3) is 23.9 Å². The second-order valence-corrected chi connectivity index (χ2v) is 2.08. The second kappa shape index (κ2) is 56.3. The molecule has 0 heterocycles. The predicted octanol–water partition coefficient (Wildman–Crippen LogP) is -16.9. The topological polar surface area (TPSA) is 149 Å². The first-order chi connectivity index (χ1) is 6.93. The summed E-state index contributed by atoms with van der Waals surface area (Å²) in [6, 6.07) is 0. The van der Waals surface area contributed by atoms with Gasteiger partial charge in [-0.3, -0.25) is 19.2 Å². The maximum Gasteiger partial charge on any atom is 1.00 e. The molecule has 8 nitrogen and oxygen atoms in total. The van der Waals surface area contributed by atoms with Crippen molar-refractivity contribution in [1.29, 1.82) is 0 Å². The number of carboxylic acids is 4. The molecule has 0 saturated heterocycles. The van der Waals surface area contributed by atoms with E-state index in [-0.39, 0.29) is 186 Å². The number of hydrogen-bond donors (Lipinski definition) is 4. The largest absolute Gasteiger partial charge is 1.00 e. The number of aliphatic carboxylic acids is 4. The van der Waals surface area contributed by atoms with Crippen LogP contribution in [0.2, 0.25) is 0 Å². The first kappa shape index (κ1) is 63.5. The van der Waals surface area contributed by atoms with Crippen LogP contribution < -0.4 is 177 Å². The molecule has 0 fully saturated rings. The quantitative estimate of drug-likeness (QED) is 0.301. The van der Waals surface area contributed by atoms with Crippen molar-refractivity contribution >= 4 is 23.9 Å². The number of carbonyl (C=O) groups is 4. The Labute approximate surface area is 272 Å². The fourth-order valence-electron chi connectivity index (χ4n) is 0. The third-order valence-corrected chi connectivity index (χ3v) is 0. The Morgan fingerprint density at radius 1 is 0.455 bits per heavy atom. The molecule has 0 aromatic carbocycles. The van der Waals surface area contributed by atoms with Gasteiger partial charge >= 0.3 is 177 Å². The van der Waals surface area contributed by atoms with Crippen LogP contribution in [-0.2, 0) is 19.2 Å². The van der Waals surface area contributed by atoms with Crippen molar-refractivity contribution in [2.75, 3.05) is 0 Å². The van der Waals surface area contributed by atoms with Crippen LogP contribution >= 0.6 is 0 Å². The van der Waals surface area contributed by atoms with Crippen LogP contribution in [0.1, 0.15) is 36.3 Å². The second-order valence-electron chi connectivity index (χ2n) is 2.08. The third kappa shape index (κ3) is 830. The first-order valence-corrected chi connectivity index (χ1v) is 3.71. The first-order valence-electron chi connectivity index (χ1n) is 3.71. The van der Waals surface area contributed by atoms with Gasteiger partial charge in [0.05, 0.1) is 0 Å². The molecule has 0 aromatic heterocycles. The molecular weight excluding hydrogens is 362 g/mol. The van der Waals surface area contributed by atoms with Crippen LogP contribution in [0.3, 0.4) is 0 Å². The SMILES string of the molecule is CC(=O)O.CC(=O)O.CC(=O)O.CC(=O)O.[H-].[H-].[H-].[H-].[H-].[H-].[Na+].[Na+].[Na+].[Na+].[Na+].[Na+].